The van der Waals surface area contributed by atoms with Gasteiger partial charge in [-0.15, -0.1) is 0 Å². The summed E-state index contributed by atoms with van der Waals surface area (Å²) in [6.07, 6.45) is 4.12. The number of hydrogen-bond donors (Lipinski definition) is 1. The number of likely N-dealkylation sites (tertiary alicyclic amines) is 1. The molecule has 3 saturated heterocycles. The summed E-state index contributed by atoms with van der Waals surface area (Å²) in [6.45, 7) is 4.18. The van der Waals surface area contributed by atoms with E-state index in [2.05, 4.69) is 5.32 Å². The molecule has 3 aliphatic rings. The maximum Gasteiger partial charge on any atom is 0.223 e. The van der Waals surface area contributed by atoms with Gasteiger partial charge in [0, 0.05) is 51.1 Å². The zero-order chi connectivity index (χ0) is 14.7. The third-order valence-corrected chi connectivity index (χ3v) is 4.79. The number of morpholine rings is 1. The van der Waals surface area contributed by atoms with Gasteiger partial charge in [0.1, 0.15) is 0 Å². The van der Waals surface area contributed by atoms with Crippen LogP contribution in [0.5, 0.6) is 0 Å². The molecule has 118 valence electrons. The van der Waals surface area contributed by atoms with Crippen LogP contribution >= 0.6 is 0 Å². The van der Waals surface area contributed by atoms with Gasteiger partial charge >= 0.3 is 0 Å². The van der Waals surface area contributed by atoms with Gasteiger partial charge in [-0.2, -0.15) is 0 Å². The largest absolute Gasteiger partial charge is 0.378 e. The number of carbonyl (C=O) groups excluding carboxylic acids is 2. The molecule has 21 heavy (non-hydrogen) atoms. The van der Waals surface area contributed by atoms with Gasteiger partial charge in [0.05, 0.1) is 13.2 Å². The molecule has 2 atom stereocenters. The molecule has 6 heteroatoms. The molecule has 0 aromatic heterocycles. The molecule has 3 fully saturated rings. The van der Waals surface area contributed by atoms with Crippen LogP contribution < -0.4 is 5.32 Å². The van der Waals surface area contributed by atoms with Crippen LogP contribution in [0.15, 0.2) is 0 Å². The second-order valence-electron chi connectivity index (χ2n) is 6.26. The smallest absolute Gasteiger partial charge is 0.223 e. The van der Waals surface area contributed by atoms with Crippen molar-refractivity contribution in [3.05, 3.63) is 0 Å². The predicted molar refractivity (Wildman–Crippen MR) is 77.8 cm³/mol. The molecule has 0 aliphatic carbocycles. The van der Waals surface area contributed by atoms with E-state index in [4.69, 9.17) is 4.74 Å². The zero-order valence-electron chi connectivity index (χ0n) is 12.6. The summed E-state index contributed by atoms with van der Waals surface area (Å²) in [4.78, 5) is 28.1. The average molecular weight is 295 g/mol. The Bertz CT molecular complexity index is 396. The Balaban J connectivity index is 1.44. The fourth-order valence-corrected chi connectivity index (χ4v) is 3.51. The molecule has 2 unspecified atom stereocenters. The Hall–Kier alpha value is -1.14. The van der Waals surface area contributed by atoms with Crippen LogP contribution in [0.3, 0.4) is 0 Å². The minimum atomic E-state index is 0.0844. The van der Waals surface area contributed by atoms with Crippen molar-refractivity contribution in [2.75, 3.05) is 39.4 Å². The molecular formula is C15H25N3O3. The van der Waals surface area contributed by atoms with E-state index in [1.54, 1.807) is 0 Å². The summed E-state index contributed by atoms with van der Waals surface area (Å²) in [5.41, 5.74) is 0. The summed E-state index contributed by atoms with van der Waals surface area (Å²) in [7, 11) is 0. The van der Waals surface area contributed by atoms with Crippen molar-refractivity contribution in [1.29, 1.82) is 0 Å². The second-order valence-corrected chi connectivity index (χ2v) is 6.26. The lowest BCUT2D eigenvalue weighted by Gasteiger charge is -2.28. The fraction of sp³-hybridized carbons (Fsp3) is 0.867. The number of carbonyl (C=O) groups is 2. The Kier molecular flexibility index (Phi) is 4.75. The number of ether oxygens (including phenoxy) is 1. The average Bonchev–Trinajstić information content (AvgIpc) is 2.84. The molecular weight excluding hydrogens is 270 g/mol. The fourth-order valence-electron chi connectivity index (χ4n) is 3.51. The summed E-state index contributed by atoms with van der Waals surface area (Å²) in [6, 6.07) is 1.04. The van der Waals surface area contributed by atoms with Gasteiger partial charge in [-0.3, -0.25) is 9.59 Å². The van der Waals surface area contributed by atoms with Crippen LogP contribution in [0, 0.1) is 0 Å². The first-order valence-corrected chi connectivity index (χ1v) is 8.12. The maximum absolute atomic E-state index is 12.3. The highest BCUT2D eigenvalue weighted by Gasteiger charge is 2.31. The molecule has 0 radical (unpaired) electrons. The first-order valence-electron chi connectivity index (χ1n) is 8.12. The van der Waals surface area contributed by atoms with Crippen LogP contribution in [0.1, 0.15) is 32.1 Å². The van der Waals surface area contributed by atoms with Gasteiger partial charge in [0.25, 0.3) is 0 Å². The van der Waals surface area contributed by atoms with Gasteiger partial charge in [-0.05, 0) is 19.3 Å². The first-order chi connectivity index (χ1) is 10.2. The van der Waals surface area contributed by atoms with Gasteiger partial charge in [0.15, 0.2) is 0 Å². The van der Waals surface area contributed by atoms with E-state index in [1.807, 2.05) is 9.80 Å². The first kappa shape index (κ1) is 14.8. The molecule has 6 nitrogen and oxygen atoms in total. The van der Waals surface area contributed by atoms with Crippen LogP contribution in [-0.2, 0) is 14.3 Å². The third kappa shape index (κ3) is 3.74. The lowest BCUT2D eigenvalue weighted by Crippen LogP contribution is -2.42. The quantitative estimate of drug-likeness (QED) is 0.795. The molecule has 2 amide bonds. The molecule has 0 spiro atoms. The monoisotopic (exact) mass is 295 g/mol. The lowest BCUT2D eigenvalue weighted by atomic mass is 10.1. The summed E-state index contributed by atoms with van der Waals surface area (Å²) < 4.78 is 5.24. The molecule has 2 bridgehead atoms. The van der Waals surface area contributed by atoms with Crippen molar-refractivity contribution in [3.8, 4) is 0 Å². The van der Waals surface area contributed by atoms with E-state index >= 15 is 0 Å². The van der Waals surface area contributed by atoms with E-state index in [9.17, 15) is 9.59 Å². The molecule has 0 aromatic carbocycles. The van der Waals surface area contributed by atoms with E-state index in [0.29, 0.717) is 51.2 Å². The summed E-state index contributed by atoms with van der Waals surface area (Å²) in [5, 5.41) is 3.57. The topological polar surface area (TPSA) is 61.9 Å². The zero-order valence-corrected chi connectivity index (χ0v) is 12.6. The van der Waals surface area contributed by atoms with Crippen molar-refractivity contribution in [2.45, 2.75) is 44.2 Å². The van der Waals surface area contributed by atoms with Crippen molar-refractivity contribution in [2.24, 2.45) is 0 Å². The third-order valence-electron chi connectivity index (χ3n) is 4.79. The number of hydrogen-bond acceptors (Lipinski definition) is 4. The van der Waals surface area contributed by atoms with Crippen LogP contribution in [0.4, 0.5) is 0 Å². The van der Waals surface area contributed by atoms with E-state index < -0.39 is 0 Å². The van der Waals surface area contributed by atoms with E-state index in [-0.39, 0.29) is 11.8 Å². The normalized spacial score (nSPS) is 29.3. The Morgan fingerprint density at radius 3 is 2.33 bits per heavy atom. The lowest BCUT2D eigenvalue weighted by molar-refractivity contribution is -0.139. The highest BCUT2D eigenvalue weighted by molar-refractivity contribution is 5.84. The maximum atomic E-state index is 12.3. The molecule has 3 heterocycles. The number of rotatable bonds is 3. The molecule has 0 aromatic rings. The standard InChI is InChI=1S/C15H25N3O3/c19-14(17-7-9-21-10-8-17)3-4-15(20)18-6-5-12-1-2-13(11-18)16-12/h12-13,16H,1-11H2. The SMILES string of the molecule is O=C(CCC(=O)N1CCC2CCC(C1)N2)N1CCOCC1. The molecule has 0 saturated carbocycles. The number of nitrogens with one attached hydrogen (secondary N) is 1. The number of fused-ring (bicyclic) bond motifs is 2. The van der Waals surface area contributed by atoms with Gasteiger partial charge in [-0.1, -0.05) is 0 Å². The predicted octanol–water partition coefficient (Wildman–Crippen LogP) is -0.0217. The minimum absolute atomic E-state index is 0.0844. The summed E-state index contributed by atoms with van der Waals surface area (Å²) in [5.74, 6) is 0.215. The van der Waals surface area contributed by atoms with E-state index in [0.717, 1.165) is 19.5 Å². The van der Waals surface area contributed by atoms with Crippen LogP contribution in [-0.4, -0.2) is 73.1 Å². The Morgan fingerprint density at radius 2 is 1.57 bits per heavy atom. The number of amides is 2. The second kappa shape index (κ2) is 6.75. The van der Waals surface area contributed by atoms with Crippen molar-refractivity contribution >= 4 is 11.8 Å². The highest BCUT2D eigenvalue weighted by atomic mass is 16.5. The molecule has 3 rings (SSSR count). The van der Waals surface area contributed by atoms with Crippen molar-refractivity contribution in [3.63, 3.8) is 0 Å². The Labute approximate surface area is 125 Å². The van der Waals surface area contributed by atoms with Crippen LogP contribution in [0.2, 0.25) is 0 Å². The Morgan fingerprint density at radius 1 is 0.905 bits per heavy atom. The molecule has 3 aliphatic heterocycles. The van der Waals surface area contributed by atoms with Crippen molar-refractivity contribution < 1.29 is 14.3 Å². The van der Waals surface area contributed by atoms with Crippen molar-refractivity contribution in [1.82, 2.24) is 15.1 Å². The molecule has 1 N–H and O–H groups in total. The van der Waals surface area contributed by atoms with Gasteiger partial charge in [-0.25, -0.2) is 0 Å². The number of nitrogens with zero attached hydrogens (tertiary/aromatic N) is 2. The van der Waals surface area contributed by atoms with E-state index in [1.165, 1.54) is 12.8 Å². The van der Waals surface area contributed by atoms with Crippen LogP contribution in [0.25, 0.3) is 0 Å². The minimum Gasteiger partial charge on any atom is -0.378 e. The highest BCUT2D eigenvalue weighted by Crippen LogP contribution is 2.21. The summed E-state index contributed by atoms with van der Waals surface area (Å²) >= 11 is 0. The van der Waals surface area contributed by atoms with Gasteiger partial charge < -0.3 is 19.9 Å². The van der Waals surface area contributed by atoms with Gasteiger partial charge in [0.2, 0.25) is 11.8 Å².